The van der Waals surface area contributed by atoms with Crippen molar-refractivity contribution in [2.45, 2.75) is 37.8 Å². The molecule has 7 heteroatoms. The van der Waals surface area contributed by atoms with Gasteiger partial charge in [0, 0.05) is 42.1 Å². The van der Waals surface area contributed by atoms with E-state index < -0.39 is 0 Å². The van der Waals surface area contributed by atoms with Gasteiger partial charge in [0.25, 0.3) is 5.91 Å². The van der Waals surface area contributed by atoms with E-state index in [4.69, 9.17) is 4.98 Å². The zero-order valence-corrected chi connectivity index (χ0v) is 18.4. The summed E-state index contributed by atoms with van der Waals surface area (Å²) in [4.78, 5) is 25.2. The number of pyridine rings is 1. The maximum Gasteiger partial charge on any atom is 0.254 e. The largest absolute Gasteiger partial charge is 0.331 e. The highest BCUT2D eigenvalue weighted by atomic mass is 16.2. The van der Waals surface area contributed by atoms with Gasteiger partial charge in [-0.15, -0.1) is 0 Å². The molecule has 0 saturated carbocycles. The molecule has 1 amide bonds. The highest BCUT2D eigenvalue weighted by molar-refractivity contribution is 5.96. The fourth-order valence-electron chi connectivity index (χ4n) is 5.20. The summed E-state index contributed by atoms with van der Waals surface area (Å²) in [6.45, 7) is 1.85. The Morgan fingerprint density at radius 2 is 1.88 bits per heavy atom. The molecule has 0 aliphatic carbocycles. The lowest BCUT2D eigenvalue weighted by molar-refractivity contribution is 0.0482. The van der Waals surface area contributed by atoms with Crippen LogP contribution in [0, 0.1) is 0 Å². The van der Waals surface area contributed by atoms with Crippen LogP contribution in [-0.4, -0.2) is 55.6 Å². The van der Waals surface area contributed by atoms with E-state index in [0.29, 0.717) is 17.3 Å². The summed E-state index contributed by atoms with van der Waals surface area (Å²) in [6.07, 6.45) is 9.77. The number of rotatable bonds is 3. The molecule has 1 aromatic carbocycles. The predicted molar refractivity (Wildman–Crippen MR) is 127 cm³/mol. The SMILES string of the molecule is O=C(c1ccnc(-c2cnn3ccc(-c4ccccc4)nc23)c1)N1[C@@H]2CCC[C@H]1CNCC2. The Kier molecular flexibility index (Phi) is 5.11. The number of amides is 1. The monoisotopic (exact) mass is 438 g/mol. The van der Waals surface area contributed by atoms with Gasteiger partial charge >= 0.3 is 0 Å². The number of hydrogen-bond donors (Lipinski definition) is 1. The second-order valence-corrected chi connectivity index (χ2v) is 8.88. The van der Waals surface area contributed by atoms with Gasteiger partial charge in [-0.25, -0.2) is 9.50 Å². The zero-order chi connectivity index (χ0) is 22.2. The molecule has 166 valence electrons. The molecular formula is C26H26N6O. The van der Waals surface area contributed by atoms with Crippen molar-refractivity contribution in [1.29, 1.82) is 0 Å². The van der Waals surface area contributed by atoms with Gasteiger partial charge < -0.3 is 10.2 Å². The van der Waals surface area contributed by atoms with Gasteiger partial charge in [0.15, 0.2) is 5.65 Å². The van der Waals surface area contributed by atoms with Gasteiger partial charge in [0.2, 0.25) is 0 Å². The van der Waals surface area contributed by atoms with Crippen molar-refractivity contribution in [1.82, 2.24) is 29.8 Å². The number of piperidine rings is 1. The molecule has 0 unspecified atom stereocenters. The van der Waals surface area contributed by atoms with E-state index in [2.05, 4.69) is 20.3 Å². The van der Waals surface area contributed by atoms with Crippen LogP contribution in [0.1, 0.15) is 36.0 Å². The third-order valence-electron chi connectivity index (χ3n) is 6.85. The van der Waals surface area contributed by atoms with Gasteiger partial charge in [-0.2, -0.15) is 5.10 Å². The summed E-state index contributed by atoms with van der Waals surface area (Å²) in [5, 5.41) is 7.97. The third kappa shape index (κ3) is 3.68. The van der Waals surface area contributed by atoms with Crippen LogP contribution in [0.3, 0.4) is 0 Å². The van der Waals surface area contributed by atoms with E-state index >= 15 is 0 Å². The first-order valence-electron chi connectivity index (χ1n) is 11.7. The van der Waals surface area contributed by atoms with Crippen molar-refractivity contribution in [3.8, 4) is 22.5 Å². The molecule has 0 spiro atoms. The quantitative estimate of drug-likeness (QED) is 0.526. The summed E-state index contributed by atoms with van der Waals surface area (Å²) in [6, 6.07) is 16.3. The minimum Gasteiger partial charge on any atom is -0.331 e. The molecule has 0 radical (unpaired) electrons. The number of aromatic nitrogens is 4. The topological polar surface area (TPSA) is 75.4 Å². The van der Waals surface area contributed by atoms with Crippen LogP contribution in [0.4, 0.5) is 0 Å². The fourth-order valence-corrected chi connectivity index (χ4v) is 5.20. The molecule has 2 saturated heterocycles. The minimum atomic E-state index is 0.103. The van der Waals surface area contributed by atoms with Gasteiger partial charge in [-0.1, -0.05) is 30.3 Å². The lowest BCUT2D eigenvalue weighted by atomic mass is 9.93. The van der Waals surface area contributed by atoms with Crippen molar-refractivity contribution in [2.24, 2.45) is 0 Å². The van der Waals surface area contributed by atoms with Crippen molar-refractivity contribution in [3.05, 3.63) is 72.7 Å². The van der Waals surface area contributed by atoms with E-state index in [-0.39, 0.29) is 11.9 Å². The molecule has 1 N–H and O–H groups in total. The summed E-state index contributed by atoms with van der Waals surface area (Å²) < 4.78 is 1.75. The van der Waals surface area contributed by atoms with Gasteiger partial charge in [-0.3, -0.25) is 9.78 Å². The van der Waals surface area contributed by atoms with E-state index in [1.54, 1.807) is 16.9 Å². The van der Waals surface area contributed by atoms with Crippen LogP contribution in [0.15, 0.2) is 67.1 Å². The van der Waals surface area contributed by atoms with Crippen molar-refractivity contribution in [3.63, 3.8) is 0 Å². The normalized spacial score (nSPS) is 20.5. The molecule has 2 bridgehead atoms. The molecular weight excluding hydrogens is 412 g/mol. The molecule has 5 heterocycles. The van der Waals surface area contributed by atoms with Gasteiger partial charge in [-0.05, 0) is 50.4 Å². The molecule has 4 aromatic rings. The molecule has 2 aliphatic heterocycles. The molecule has 2 aliphatic rings. The predicted octanol–water partition coefficient (Wildman–Crippen LogP) is 3.81. The molecule has 2 atom stereocenters. The third-order valence-corrected chi connectivity index (χ3v) is 6.85. The fraction of sp³-hybridized carbons (Fsp3) is 0.308. The maximum atomic E-state index is 13.6. The Morgan fingerprint density at radius 3 is 2.79 bits per heavy atom. The van der Waals surface area contributed by atoms with E-state index in [1.165, 1.54) is 6.42 Å². The Hall–Kier alpha value is -3.58. The van der Waals surface area contributed by atoms with Gasteiger partial charge in [0.05, 0.1) is 23.1 Å². The summed E-state index contributed by atoms with van der Waals surface area (Å²) in [5.41, 5.74) is 4.86. The number of hydrogen-bond acceptors (Lipinski definition) is 5. The number of nitrogens with one attached hydrogen (secondary N) is 1. The Balaban J connectivity index is 1.37. The van der Waals surface area contributed by atoms with Crippen LogP contribution in [0.2, 0.25) is 0 Å². The van der Waals surface area contributed by atoms with E-state index in [0.717, 1.165) is 54.8 Å². The smallest absolute Gasteiger partial charge is 0.254 e. The maximum absolute atomic E-state index is 13.6. The number of fused-ring (bicyclic) bond motifs is 3. The van der Waals surface area contributed by atoms with Crippen molar-refractivity contribution >= 4 is 11.6 Å². The zero-order valence-electron chi connectivity index (χ0n) is 18.4. The second kappa shape index (κ2) is 8.41. The van der Waals surface area contributed by atoms with Crippen LogP contribution in [-0.2, 0) is 0 Å². The first kappa shape index (κ1) is 20.1. The second-order valence-electron chi connectivity index (χ2n) is 8.88. The molecule has 2 fully saturated rings. The van der Waals surface area contributed by atoms with E-state index in [9.17, 15) is 4.79 Å². The molecule has 6 rings (SSSR count). The molecule has 3 aromatic heterocycles. The Labute approximate surface area is 192 Å². The van der Waals surface area contributed by atoms with Gasteiger partial charge in [0.1, 0.15) is 0 Å². The van der Waals surface area contributed by atoms with Crippen LogP contribution < -0.4 is 5.32 Å². The minimum absolute atomic E-state index is 0.103. The lowest BCUT2D eigenvalue weighted by Gasteiger charge is -2.40. The Bertz CT molecular complexity index is 1290. The first-order valence-corrected chi connectivity index (χ1v) is 11.7. The Morgan fingerprint density at radius 1 is 1.00 bits per heavy atom. The van der Waals surface area contributed by atoms with Crippen molar-refractivity contribution < 1.29 is 4.79 Å². The number of carbonyl (C=O) groups excluding carboxylic acids is 1. The number of carbonyl (C=O) groups is 1. The summed E-state index contributed by atoms with van der Waals surface area (Å²) in [7, 11) is 0. The summed E-state index contributed by atoms with van der Waals surface area (Å²) in [5.74, 6) is 0.103. The molecule has 33 heavy (non-hydrogen) atoms. The van der Waals surface area contributed by atoms with Crippen LogP contribution in [0.5, 0.6) is 0 Å². The molecule has 7 nitrogen and oxygen atoms in total. The highest BCUT2D eigenvalue weighted by Gasteiger charge is 2.36. The van der Waals surface area contributed by atoms with E-state index in [1.807, 2.05) is 54.7 Å². The summed E-state index contributed by atoms with van der Waals surface area (Å²) >= 11 is 0. The lowest BCUT2D eigenvalue weighted by Crippen LogP contribution is -2.51. The van der Waals surface area contributed by atoms with Crippen molar-refractivity contribution in [2.75, 3.05) is 13.1 Å². The number of benzene rings is 1. The van der Waals surface area contributed by atoms with Crippen LogP contribution >= 0.6 is 0 Å². The average Bonchev–Trinajstić information content (AvgIpc) is 3.25. The first-order chi connectivity index (χ1) is 16.3. The number of nitrogens with zero attached hydrogens (tertiary/aromatic N) is 5. The highest BCUT2D eigenvalue weighted by Crippen LogP contribution is 2.30. The van der Waals surface area contributed by atoms with Crippen LogP contribution in [0.25, 0.3) is 28.2 Å². The standard InChI is InChI=1S/C26H26N6O/c33-26(32-20-7-4-8-21(32)16-27-12-10-20)19-9-13-28-24(15-19)22-17-29-31-14-11-23(30-25(22)31)18-5-2-1-3-6-18/h1-3,5-6,9,11,13-15,17,20-21,27H,4,7-8,10,12,16H2/t20-,21+/m1/s1. The average molecular weight is 439 g/mol.